The lowest BCUT2D eigenvalue weighted by molar-refractivity contribution is -0.137. The molecule has 0 spiro atoms. The molecule has 1 aromatic heterocycles. The minimum Gasteiger partial charge on any atom is -0.447 e. The number of hydrogen-bond acceptors (Lipinski definition) is 5. The molecule has 10 heteroatoms. The first-order valence-electron chi connectivity index (χ1n) is 8.73. The summed E-state index contributed by atoms with van der Waals surface area (Å²) in [4.78, 5) is 22.0. The average molecular weight is 437 g/mol. The summed E-state index contributed by atoms with van der Waals surface area (Å²) in [5.74, 6) is -0.0748. The van der Waals surface area contributed by atoms with Crippen molar-refractivity contribution in [3.8, 4) is 11.3 Å². The Labute approximate surface area is 175 Å². The molecule has 0 atom stereocenters. The van der Waals surface area contributed by atoms with E-state index in [1.165, 1.54) is 6.20 Å². The second-order valence-electron chi connectivity index (χ2n) is 6.04. The van der Waals surface area contributed by atoms with E-state index in [-0.39, 0.29) is 24.8 Å². The quantitative estimate of drug-likeness (QED) is 0.605. The molecule has 0 bridgehead atoms. The molecule has 0 fully saturated rings. The van der Waals surface area contributed by atoms with Crippen LogP contribution in [0.2, 0.25) is 5.02 Å². The van der Waals surface area contributed by atoms with Crippen molar-refractivity contribution in [3.05, 3.63) is 71.4 Å². The van der Waals surface area contributed by atoms with Crippen LogP contribution in [0.3, 0.4) is 0 Å². The number of anilines is 2. The number of nitrogens with two attached hydrogens (primary N) is 1. The average Bonchev–Trinajstić information content (AvgIpc) is 2.72. The van der Waals surface area contributed by atoms with Crippen molar-refractivity contribution in [3.63, 3.8) is 0 Å². The highest BCUT2D eigenvalue weighted by molar-refractivity contribution is 6.30. The Kier molecular flexibility index (Phi) is 6.53. The summed E-state index contributed by atoms with van der Waals surface area (Å²) in [5, 5.41) is 0.495. The van der Waals surface area contributed by atoms with Crippen LogP contribution in [0.25, 0.3) is 11.3 Å². The Hall–Kier alpha value is -3.17. The van der Waals surface area contributed by atoms with Gasteiger partial charge >= 0.3 is 12.3 Å². The van der Waals surface area contributed by atoms with Crippen LogP contribution in [0.15, 0.2) is 60.8 Å². The van der Waals surface area contributed by atoms with Gasteiger partial charge in [0.1, 0.15) is 6.61 Å². The molecular formula is C20H16ClF3N4O2. The van der Waals surface area contributed by atoms with E-state index >= 15 is 0 Å². The maximum absolute atomic E-state index is 12.9. The summed E-state index contributed by atoms with van der Waals surface area (Å²) in [6, 6.07) is 12.5. The standard InChI is InChI=1S/C20H16ClF3N4O2/c21-15-3-1-2-13(12-15)17-8-10-26-18(27-17)28(19(29)30-11-9-25)16-6-4-14(5-7-16)20(22,23)24/h1-8,10,12H,9,11,25H2. The summed E-state index contributed by atoms with van der Waals surface area (Å²) in [5.41, 5.74) is 5.76. The van der Waals surface area contributed by atoms with Gasteiger partial charge in [-0.25, -0.2) is 19.7 Å². The fraction of sp³-hybridized carbons (Fsp3) is 0.150. The number of benzene rings is 2. The molecule has 0 radical (unpaired) electrons. The van der Waals surface area contributed by atoms with Gasteiger partial charge in [0, 0.05) is 23.3 Å². The molecule has 0 saturated carbocycles. The number of nitrogens with zero attached hydrogens (tertiary/aromatic N) is 3. The maximum atomic E-state index is 12.9. The lowest BCUT2D eigenvalue weighted by Gasteiger charge is -2.21. The van der Waals surface area contributed by atoms with Crippen LogP contribution in [0.5, 0.6) is 0 Å². The van der Waals surface area contributed by atoms with E-state index < -0.39 is 17.8 Å². The fourth-order valence-electron chi connectivity index (χ4n) is 2.58. The molecule has 30 heavy (non-hydrogen) atoms. The molecule has 2 aromatic carbocycles. The maximum Gasteiger partial charge on any atom is 0.421 e. The third kappa shape index (κ3) is 5.05. The Balaban J connectivity index is 2.03. The molecule has 3 rings (SSSR count). The fourth-order valence-corrected chi connectivity index (χ4v) is 2.77. The van der Waals surface area contributed by atoms with Gasteiger partial charge in [-0.3, -0.25) is 0 Å². The molecule has 1 heterocycles. The third-order valence-corrected chi connectivity index (χ3v) is 4.18. The molecule has 0 aliphatic heterocycles. The van der Waals surface area contributed by atoms with Gasteiger partial charge in [-0.2, -0.15) is 13.2 Å². The Morgan fingerprint density at radius 2 is 1.87 bits per heavy atom. The van der Waals surface area contributed by atoms with Gasteiger partial charge in [-0.1, -0.05) is 23.7 Å². The van der Waals surface area contributed by atoms with Crippen LogP contribution < -0.4 is 10.6 Å². The normalized spacial score (nSPS) is 11.2. The molecule has 0 aliphatic rings. The first-order chi connectivity index (χ1) is 14.3. The summed E-state index contributed by atoms with van der Waals surface area (Å²) < 4.78 is 43.7. The van der Waals surface area contributed by atoms with Crippen LogP contribution in [-0.4, -0.2) is 29.2 Å². The minimum atomic E-state index is -4.51. The van der Waals surface area contributed by atoms with Gasteiger partial charge in [-0.05, 0) is 42.5 Å². The largest absolute Gasteiger partial charge is 0.447 e. The van der Waals surface area contributed by atoms with Crippen LogP contribution in [0, 0.1) is 0 Å². The van der Waals surface area contributed by atoms with E-state index in [0.29, 0.717) is 16.3 Å². The number of hydrogen-bond donors (Lipinski definition) is 1. The predicted molar refractivity (Wildman–Crippen MR) is 106 cm³/mol. The van der Waals surface area contributed by atoms with Crippen molar-refractivity contribution in [2.24, 2.45) is 5.73 Å². The lowest BCUT2D eigenvalue weighted by Crippen LogP contribution is -2.30. The van der Waals surface area contributed by atoms with Gasteiger partial charge in [0.05, 0.1) is 16.9 Å². The first-order valence-corrected chi connectivity index (χ1v) is 9.10. The zero-order chi connectivity index (χ0) is 21.7. The van der Waals surface area contributed by atoms with Crippen LogP contribution in [0.4, 0.5) is 29.6 Å². The van der Waals surface area contributed by atoms with Gasteiger partial charge in [0.15, 0.2) is 0 Å². The van der Waals surface area contributed by atoms with E-state index in [1.54, 1.807) is 30.3 Å². The van der Waals surface area contributed by atoms with Crippen molar-refractivity contribution in [1.29, 1.82) is 0 Å². The molecule has 0 aliphatic carbocycles. The topological polar surface area (TPSA) is 81.3 Å². The number of aromatic nitrogens is 2. The molecular weight excluding hydrogens is 421 g/mol. The van der Waals surface area contributed by atoms with E-state index in [4.69, 9.17) is 22.1 Å². The number of ether oxygens (including phenoxy) is 1. The van der Waals surface area contributed by atoms with Crippen LogP contribution in [0.1, 0.15) is 5.56 Å². The van der Waals surface area contributed by atoms with Crippen molar-refractivity contribution in [2.75, 3.05) is 18.1 Å². The molecule has 6 nitrogen and oxygen atoms in total. The van der Waals surface area contributed by atoms with E-state index in [1.807, 2.05) is 0 Å². The van der Waals surface area contributed by atoms with E-state index in [9.17, 15) is 18.0 Å². The summed E-state index contributed by atoms with van der Waals surface area (Å²) in [6.07, 6.45) is -3.96. The Bertz CT molecular complexity index is 1030. The number of alkyl halides is 3. The molecule has 0 saturated heterocycles. The summed E-state index contributed by atoms with van der Waals surface area (Å²) in [6.45, 7) is -0.0000449. The monoisotopic (exact) mass is 436 g/mol. The second-order valence-corrected chi connectivity index (χ2v) is 6.47. The highest BCUT2D eigenvalue weighted by atomic mass is 35.5. The third-order valence-electron chi connectivity index (χ3n) is 3.94. The number of halogens is 4. The van der Waals surface area contributed by atoms with Crippen molar-refractivity contribution in [2.45, 2.75) is 6.18 Å². The Morgan fingerprint density at radius 1 is 1.13 bits per heavy atom. The van der Waals surface area contributed by atoms with Crippen molar-refractivity contribution < 1.29 is 22.7 Å². The predicted octanol–water partition coefficient (Wildman–Crippen LogP) is 5.05. The highest BCUT2D eigenvalue weighted by Crippen LogP contribution is 2.32. The van der Waals surface area contributed by atoms with Crippen molar-refractivity contribution in [1.82, 2.24) is 9.97 Å². The Morgan fingerprint density at radius 3 is 2.50 bits per heavy atom. The van der Waals surface area contributed by atoms with Gasteiger partial charge in [0.25, 0.3) is 0 Å². The van der Waals surface area contributed by atoms with Gasteiger partial charge in [-0.15, -0.1) is 0 Å². The number of carbonyl (C=O) groups is 1. The summed E-state index contributed by atoms with van der Waals surface area (Å²) >= 11 is 6.02. The molecule has 1 amide bonds. The number of rotatable bonds is 5. The molecule has 2 N–H and O–H groups in total. The zero-order valence-electron chi connectivity index (χ0n) is 15.4. The van der Waals surface area contributed by atoms with Crippen LogP contribution in [-0.2, 0) is 10.9 Å². The van der Waals surface area contributed by atoms with Gasteiger partial charge < -0.3 is 10.5 Å². The van der Waals surface area contributed by atoms with E-state index in [0.717, 1.165) is 29.2 Å². The molecule has 0 unspecified atom stereocenters. The van der Waals surface area contributed by atoms with E-state index in [2.05, 4.69) is 9.97 Å². The summed E-state index contributed by atoms with van der Waals surface area (Å²) in [7, 11) is 0. The molecule has 156 valence electrons. The SMILES string of the molecule is NCCOC(=O)N(c1ccc(C(F)(F)F)cc1)c1nccc(-c2cccc(Cl)c2)n1. The molecule has 3 aromatic rings. The number of carbonyl (C=O) groups excluding carboxylic acids is 1. The van der Waals surface area contributed by atoms with Gasteiger partial charge in [0.2, 0.25) is 5.95 Å². The lowest BCUT2D eigenvalue weighted by atomic mass is 10.1. The zero-order valence-corrected chi connectivity index (χ0v) is 16.2. The second kappa shape index (κ2) is 9.10. The van der Waals surface area contributed by atoms with Crippen LogP contribution >= 0.6 is 11.6 Å². The van der Waals surface area contributed by atoms with Crippen molar-refractivity contribution >= 4 is 29.3 Å². The smallest absolute Gasteiger partial charge is 0.421 e. The highest BCUT2D eigenvalue weighted by Gasteiger charge is 2.31. The number of amides is 1. The minimum absolute atomic E-state index is 0.0748. The first kappa shape index (κ1) is 21.5.